The fraction of sp³-hybridized carbons (Fsp3) is 0.257. The van der Waals surface area contributed by atoms with Crippen LogP contribution < -0.4 is 14.9 Å². The normalized spacial score (nSPS) is 12.0. The van der Waals surface area contributed by atoms with Crippen molar-refractivity contribution in [2.75, 3.05) is 27.9 Å². The summed E-state index contributed by atoms with van der Waals surface area (Å²) in [6, 6.07) is 26.0. The minimum Gasteiger partial charge on any atom is -0.497 e. The first kappa shape index (κ1) is 30.1. The average Bonchev–Trinajstić information content (AvgIpc) is 3.42. The summed E-state index contributed by atoms with van der Waals surface area (Å²) in [5.41, 5.74) is 3.65. The number of carbonyl (C=O) groups is 1. The number of fused-ring (bicyclic) bond motifs is 1. The van der Waals surface area contributed by atoms with Crippen LogP contribution in [0.4, 0.5) is 0 Å². The first-order valence-electron chi connectivity index (χ1n) is 14.2. The quantitative estimate of drug-likeness (QED) is 0.151. The van der Waals surface area contributed by atoms with E-state index in [1.807, 2.05) is 71.3 Å². The number of nitrogens with zero attached hydrogens (tertiary/aromatic N) is 2. The lowest BCUT2D eigenvalue weighted by molar-refractivity contribution is 0.0524. The van der Waals surface area contributed by atoms with Gasteiger partial charge in [0.15, 0.2) is 0 Å². The van der Waals surface area contributed by atoms with E-state index in [-0.39, 0.29) is 23.6 Å². The van der Waals surface area contributed by atoms with Crippen molar-refractivity contribution >= 4 is 27.5 Å². The number of aromatic nitrogens is 1. The maximum absolute atomic E-state index is 14.2. The highest BCUT2D eigenvalue weighted by Gasteiger charge is 2.26. The zero-order chi connectivity index (χ0) is 30.5. The number of hydrogen-bond acceptors (Lipinski definition) is 7. The molecule has 0 aliphatic rings. The molecule has 2 aromatic heterocycles. The molecule has 1 atom stereocenters. The maximum Gasteiger partial charge on any atom is 0.343 e. The van der Waals surface area contributed by atoms with Gasteiger partial charge < -0.3 is 18.8 Å². The number of esters is 1. The van der Waals surface area contributed by atoms with Gasteiger partial charge in [0.25, 0.3) is 0 Å². The summed E-state index contributed by atoms with van der Waals surface area (Å²) in [6.45, 7) is 4.97. The van der Waals surface area contributed by atoms with Gasteiger partial charge in [0.2, 0.25) is 5.43 Å². The van der Waals surface area contributed by atoms with Crippen LogP contribution in [0.5, 0.6) is 11.5 Å². The Hall–Kier alpha value is -4.40. The molecule has 7 nitrogen and oxygen atoms in total. The van der Waals surface area contributed by atoms with Gasteiger partial charge in [-0.15, -0.1) is 11.3 Å². The second kappa shape index (κ2) is 13.3. The number of methoxy groups -OCH3 is 2. The molecular formula is C35H36N2O5S. The summed E-state index contributed by atoms with van der Waals surface area (Å²) >= 11 is 1.55. The summed E-state index contributed by atoms with van der Waals surface area (Å²) in [7, 11) is 5.33. The summed E-state index contributed by atoms with van der Waals surface area (Å²) in [4.78, 5) is 31.3. The fourth-order valence-electron chi connectivity index (χ4n) is 5.28. The van der Waals surface area contributed by atoms with Gasteiger partial charge in [-0.2, -0.15) is 0 Å². The predicted molar refractivity (Wildman–Crippen MR) is 172 cm³/mol. The van der Waals surface area contributed by atoms with Crippen molar-refractivity contribution in [3.8, 4) is 21.9 Å². The monoisotopic (exact) mass is 596 g/mol. The Balaban J connectivity index is 1.75. The lowest BCUT2D eigenvalue weighted by Crippen LogP contribution is -2.24. The van der Waals surface area contributed by atoms with Crippen LogP contribution in [-0.2, 0) is 17.8 Å². The van der Waals surface area contributed by atoms with Crippen molar-refractivity contribution in [2.24, 2.45) is 0 Å². The van der Waals surface area contributed by atoms with Gasteiger partial charge in [-0.25, -0.2) is 4.79 Å². The number of carbonyl (C=O) groups excluding carboxylic acids is 1. The minimum absolute atomic E-state index is 0.0170. The number of thiophene rings is 1. The van der Waals surface area contributed by atoms with Gasteiger partial charge in [0, 0.05) is 29.2 Å². The molecule has 0 amide bonds. The number of pyridine rings is 1. The van der Waals surface area contributed by atoms with E-state index in [2.05, 4.69) is 31.0 Å². The molecule has 5 aromatic rings. The van der Waals surface area contributed by atoms with E-state index in [1.54, 1.807) is 38.7 Å². The van der Waals surface area contributed by atoms with Crippen LogP contribution in [-0.4, -0.2) is 43.3 Å². The van der Waals surface area contributed by atoms with Crippen molar-refractivity contribution in [1.29, 1.82) is 0 Å². The third-order valence-electron chi connectivity index (χ3n) is 7.74. The van der Waals surface area contributed by atoms with Crippen molar-refractivity contribution in [3.63, 3.8) is 0 Å². The Kier molecular flexibility index (Phi) is 9.28. The van der Waals surface area contributed by atoms with E-state index in [9.17, 15) is 9.59 Å². The smallest absolute Gasteiger partial charge is 0.343 e. The van der Waals surface area contributed by atoms with E-state index >= 15 is 0 Å². The molecule has 8 heteroatoms. The van der Waals surface area contributed by atoms with Gasteiger partial charge in [0.05, 0.1) is 32.8 Å². The molecule has 1 unspecified atom stereocenters. The Morgan fingerprint density at radius 1 is 0.953 bits per heavy atom. The SMILES string of the molecule is CCOC(=O)c1cn(Cc2ccccc2OC)c2sc(-c3ccc(OC)cc3)c(CN(C)C(C)c3ccccc3)c2c1=O. The van der Waals surface area contributed by atoms with Gasteiger partial charge in [-0.3, -0.25) is 9.69 Å². The van der Waals surface area contributed by atoms with Crippen LogP contribution in [0.25, 0.3) is 20.7 Å². The summed E-state index contributed by atoms with van der Waals surface area (Å²) in [6.07, 6.45) is 1.63. The number of hydrogen-bond donors (Lipinski definition) is 0. The molecule has 0 saturated heterocycles. The molecule has 2 heterocycles. The van der Waals surface area contributed by atoms with Crippen LogP contribution in [0.3, 0.4) is 0 Å². The molecule has 0 aliphatic heterocycles. The second-order valence-corrected chi connectivity index (χ2v) is 11.4. The van der Waals surface area contributed by atoms with Crippen LogP contribution in [0.15, 0.2) is 89.9 Å². The summed E-state index contributed by atoms with van der Waals surface area (Å²) in [5, 5.41) is 0.531. The average molecular weight is 597 g/mol. The molecular weight excluding hydrogens is 560 g/mol. The van der Waals surface area contributed by atoms with Crippen molar-refractivity contribution in [3.05, 3.63) is 118 Å². The molecule has 43 heavy (non-hydrogen) atoms. The van der Waals surface area contributed by atoms with Crippen molar-refractivity contribution < 1.29 is 19.0 Å². The number of para-hydroxylation sites is 1. The van der Waals surface area contributed by atoms with Crippen LogP contribution in [0.1, 0.15) is 46.9 Å². The lowest BCUT2D eigenvalue weighted by Gasteiger charge is -2.25. The Morgan fingerprint density at radius 3 is 2.33 bits per heavy atom. The van der Waals surface area contributed by atoms with Crippen molar-refractivity contribution in [1.82, 2.24) is 9.47 Å². The first-order valence-corrected chi connectivity index (χ1v) is 15.0. The minimum atomic E-state index is -0.627. The van der Waals surface area contributed by atoms with Crippen LogP contribution in [0.2, 0.25) is 0 Å². The van der Waals surface area contributed by atoms with E-state index in [4.69, 9.17) is 14.2 Å². The fourth-order valence-corrected chi connectivity index (χ4v) is 6.57. The third-order valence-corrected chi connectivity index (χ3v) is 9.06. The largest absolute Gasteiger partial charge is 0.497 e. The van der Waals surface area contributed by atoms with Gasteiger partial charge >= 0.3 is 5.97 Å². The highest BCUT2D eigenvalue weighted by Crippen LogP contribution is 2.40. The number of ether oxygens (including phenoxy) is 3. The number of benzene rings is 3. The standard InChI is InChI=1S/C35H36N2O5S/c1-6-42-35(39)29-22-37(20-26-14-10-11-15-30(26)41-5)34-31(32(29)38)28(21-36(3)23(2)24-12-8-7-9-13-24)33(43-34)25-16-18-27(40-4)19-17-25/h7-19,22-23H,6,20-21H2,1-5H3. The molecule has 0 saturated carbocycles. The van der Waals surface area contributed by atoms with Gasteiger partial charge in [-0.05, 0) is 67.9 Å². The highest BCUT2D eigenvalue weighted by atomic mass is 32.1. The zero-order valence-corrected chi connectivity index (χ0v) is 25.9. The molecule has 0 spiro atoms. The maximum atomic E-state index is 14.2. The second-order valence-electron chi connectivity index (χ2n) is 10.4. The van der Waals surface area contributed by atoms with E-state index in [1.165, 1.54) is 5.56 Å². The zero-order valence-electron chi connectivity index (χ0n) is 25.1. The topological polar surface area (TPSA) is 70.0 Å². The molecule has 0 radical (unpaired) electrons. The van der Waals surface area contributed by atoms with Gasteiger partial charge in [-0.1, -0.05) is 48.5 Å². The molecule has 3 aromatic carbocycles. The molecule has 0 N–H and O–H groups in total. The summed E-state index contributed by atoms with van der Waals surface area (Å²) in [5.74, 6) is 0.856. The predicted octanol–water partition coefficient (Wildman–Crippen LogP) is 7.17. The molecule has 222 valence electrons. The third kappa shape index (κ3) is 6.21. The van der Waals surface area contributed by atoms with Crippen molar-refractivity contribution in [2.45, 2.75) is 33.0 Å². The molecule has 0 bridgehead atoms. The van der Waals surface area contributed by atoms with Crippen LogP contribution in [0, 0.1) is 0 Å². The first-order chi connectivity index (χ1) is 20.9. The molecule has 0 fully saturated rings. The number of rotatable bonds is 11. The Labute approximate surface area is 255 Å². The van der Waals surface area contributed by atoms with E-state index < -0.39 is 5.97 Å². The van der Waals surface area contributed by atoms with Gasteiger partial charge in [0.1, 0.15) is 21.9 Å². The molecule has 5 rings (SSSR count). The van der Waals surface area contributed by atoms with E-state index in [0.29, 0.717) is 18.5 Å². The molecule has 0 aliphatic carbocycles. The Morgan fingerprint density at radius 2 is 1.65 bits per heavy atom. The summed E-state index contributed by atoms with van der Waals surface area (Å²) < 4.78 is 18.4. The van der Waals surface area contributed by atoms with E-state index in [0.717, 1.165) is 37.9 Å². The lowest BCUT2D eigenvalue weighted by atomic mass is 10.0. The highest BCUT2D eigenvalue weighted by molar-refractivity contribution is 7.22. The Bertz CT molecular complexity index is 1780. The van der Waals surface area contributed by atoms with Crippen LogP contribution >= 0.6 is 11.3 Å².